The fourth-order valence-electron chi connectivity index (χ4n) is 3.59. The van der Waals surface area contributed by atoms with Crippen molar-refractivity contribution in [1.29, 1.82) is 5.53 Å². The molecule has 17 heteroatoms. The highest BCUT2D eigenvalue weighted by molar-refractivity contribution is 7.52. The van der Waals surface area contributed by atoms with Crippen LogP contribution in [0.3, 0.4) is 0 Å². The van der Waals surface area contributed by atoms with Crippen LogP contribution in [0.5, 0.6) is 5.75 Å². The summed E-state index contributed by atoms with van der Waals surface area (Å²) in [7, 11) is -4.52. The van der Waals surface area contributed by atoms with E-state index in [1.54, 1.807) is 18.2 Å². The molecule has 0 bridgehead atoms. The Morgan fingerprint density at radius 3 is 2.89 bits per heavy atom. The van der Waals surface area contributed by atoms with Gasteiger partial charge in [-0.15, -0.1) is 11.3 Å². The van der Waals surface area contributed by atoms with Gasteiger partial charge in [0.15, 0.2) is 11.3 Å². The number of carbonyl (C=O) groups is 1. The van der Waals surface area contributed by atoms with Crippen LogP contribution >= 0.6 is 19.1 Å². The minimum atomic E-state index is -4.52. The van der Waals surface area contributed by atoms with E-state index < -0.39 is 50.5 Å². The second-order valence-electron chi connectivity index (χ2n) is 7.95. The summed E-state index contributed by atoms with van der Waals surface area (Å²) in [6.45, 7) is 0.201. The normalized spacial score (nSPS) is 25.8. The van der Waals surface area contributed by atoms with Gasteiger partial charge in [0.1, 0.15) is 42.2 Å². The number of benzene rings is 1. The number of thiophene rings is 1. The van der Waals surface area contributed by atoms with Crippen molar-refractivity contribution in [2.24, 2.45) is 5.11 Å². The lowest BCUT2D eigenvalue weighted by Gasteiger charge is -2.27. The quantitative estimate of drug-likeness (QED) is 0.159. The molecule has 1 fully saturated rings. The Morgan fingerprint density at radius 1 is 1.49 bits per heavy atom. The molecule has 2 aromatic heterocycles. The number of carbonyl (C=O) groups excluding carboxylic acids is 1. The smallest absolute Gasteiger partial charge is 0.459 e. The Balaban J connectivity index is 1.64. The molecule has 0 radical (unpaired) electrons. The minimum absolute atomic E-state index is 0.0520. The SMILES string of the molecule is CC(NP(=O)(OC[C@@]1(N=[N+]=N)O[C@@H](c2csc3c(N)ncnc23)[C@H](F)[C@@H]1O)Oc1ccccc1)C(=O)[O-]. The van der Waals surface area contributed by atoms with Crippen molar-refractivity contribution in [2.45, 2.75) is 37.1 Å². The number of para-hydroxylation sites is 1. The molecule has 1 aliphatic rings. The third-order valence-corrected chi connectivity index (χ3v) is 8.07. The number of nitrogen functional groups attached to an aromatic ring is 1. The van der Waals surface area contributed by atoms with Gasteiger partial charge in [-0.3, -0.25) is 4.52 Å². The predicted octanol–water partition coefficient (Wildman–Crippen LogP) is 1.22. The lowest BCUT2D eigenvalue weighted by molar-refractivity contribution is -0.307. The molecule has 0 spiro atoms. The highest BCUT2D eigenvalue weighted by Crippen LogP contribution is 2.50. The van der Waals surface area contributed by atoms with Crippen molar-refractivity contribution in [2.75, 3.05) is 12.3 Å². The summed E-state index contributed by atoms with van der Waals surface area (Å²) in [5.41, 5.74) is 11.2. The first kappa shape index (κ1) is 26.7. The molecule has 1 aliphatic heterocycles. The number of halogens is 1. The van der Waals surface area contributed by atoms with Gasteiger partial charge in [0.2, 0.25) is 4.91 Å². The van der Waals surface area contributed by atoms with Crippen LogP contribution in [0.2, 0.25) is 0 Å². The Bertz CT molecular complexity index is 1390. The number of nitrogens with one attached hydrogen (secondary N) is 2. The Hall–Kier alpha value is -3.36. The molecule has 2 unspecified atom stereocenters. The van der Waals surface area contributed by atoms with E-state index in [0.717, 1.165) is 18.3 Å². The second kappa shape index (κ2) is 10.6. The van der Waals surface area contributed by atoms with E-state index in [1.807, 2.05) is 0 Å². The number of aliphatic hydroxyl groups excluding tert-OH is 1. The number of rotatable bonds is 10. The average molecular weight is 553 g/mol. The van der Waals surface area contributed by atoms with E-state index in [-0.39, 0.29) is 17.1 Å². The number of nitrogens with zero attached hydrogens (tertiary/aromatic N) is 4. The number of fused-ring (bicyclic) bond motifs is 1. The van der Waals surface area contributed by atoms with Crippen molar-refractivity contribution >= 4 is 41.1 Å². The van der Waals surface area contributed by atoms with E-state index in [1.165, 1.54) is 23.8 Å². The van der Waals surface area contributed by atoms with Crippen molar-refractivity contribution < 1.29 is 37.7 Å². The van der Waals surface area contributed by atoms with Crippen LogP contribution in [0.4, 0.5) is 10.2 Å². The molecule has 1 aromatic carbocycles. The van der Waals surface area contributed by atoms with Crippen molar-refractivity contribution in [3.63, 3.8) is 0 Å². The molecule has 196 valence electrons. The lowest BCUT2D eigenvalue weighted by atomic mass is 10.0. The molecule has 6 atom stereocenters. The van der Waals surface area contributed by atoms with Crippen LogP contribution < -0.4 is 25.4 Å². The van der Waals surface area contributed by atoms with Gasteiger partial charge in [-0.1, -0.05) is 18.2 Å². The number of carboxylic acid groups (broad SMARTS) is 1. The molecule has 37 heavy (non-hydrogen) atoms. The monoisotopic (exact) mass is 553 g/mol. The van der Waals surface area contributed by atoms with Crippen LogP contribution in [-0.2, 0) is 18.6 Å². The number of ether oxygens (including phenoxy) is 1. The standard InChI is InChI=1S/C20H21FN7O7PS/c1-10(19(30)31)26-36(32,35-11-5-3-2-4-6-11)33-8-20(27-28-23)17(29)13(21)15(34-20)12-7-37-16-14(12)24-9-25-18(16)22/h2-7,9-10,13,15,17,23,29H,8H2,1H3,(H3-,22,24,25,26,30,31,32)/t10?,13-,15-,17-,20+,36?/m0/s1. The highest BCUT2D eigenvalue weighted by Gasteiger charge is 2.61. The summed E-state index contributed by atoms with van der Waals surface area (Å²) in [6, 6.07) is 6.18. The molecular formula is C20H21FN7O7PS. The minimum Gasteiger partial charge on any atom is -0.548 e. The third-order valence-electron chi connectivity index (χ3n) is 5.43. The maximum atomic E-state index is 15.4. The molecule has 4 rings (SSSR count). The summed E-state index contributed by atoms with van der Waals surface area (Å²) < 4.78 is 45.9. The summed E-state index contributed by atoms with van der Waals surface area (Å²) >= 11 is 1.14. The molecule has 0 aliphatic carbocycles. The molecule has 3 aromatic rings. The van der Waals surface area contributed by atoms with Gasteiger partial charge < -0.3 is 30.0 Å². The number of carboxylic acids is 1. The van der Waals surface area contributed by atoms with Crippen LogP contribution in [0.25, 0.3) is 10.2 Å². The van der Waals surface area contributed by atoms with Gasteiger partial charge in [-0.05, 0) is 24.4 Å². The van der Waals surface area contributed by atoms with Crippen molar-refractivity contribution in [3.8, 4) is 5.75 Å². The molecule has 14 nitrogen and oxygen atoms in total. The average Bonchev–Trinajstić information content (AvgIpc) is 3.40. The summed E-state index contributed by atoms with van der Waals surface area (Å²) in [5.74, 6) is -1.38. The van der Waals surface area contributed by atoms with E-state index >= 15 is 4.39 Å². The second-order valence-corrected chi connectivity index (χ2v) is 10.5. The largest absolute Gasteiger partial charge is 0.548 e. The first-order valence-electron chi connectivity index (χ1n) is 10.6. The Morgan fingerprint density at radius 2 is 2.22 bits per heavy atom. The van der Waals surface area contributed by atoms with E-state index in [4.69, 9.17) is 25.0 Å². The van der Waals surface area contributed by atoms with Crippen LogP contribution in [0.15, 0.2) is 47.2 Å². The molecule has 5 N–H and O–H groups in total. The number of aliphatic hydroxyl groups is 1. The fourth-order valence-corrected chi connectivity index (χ4v) is 6.05. The fraction of sp³-hybridized carbons (Fsp3) is 0.350. The topological polar surface area (TPSA) is 219 Å². The van der Waals surface area contributed by atoms with E-state index in [2.05, 4.69) is 25.1 Å². The van der Waals surface area contributed by atoms with E-state index in [9.17, 15) is 19.6 Å². The van der Waals surface area contributed by atoms with Crippen LogP contribution in [-0.4, -0.2) is 51.7 Å². The summed E-state index contributed by atoms with van der Waals surface area (Å²) in [4.78, 5) is 22.1. The number of nitrogens with two attached hydrogens (primary N) is 1. The van der Waals surface area contributed by atoms with Gasteiger partial charge in [0.25, 0.3) is 5.72 Å². The molecule has 3 heterocycles. The number of anilines is 1. The first-order chi connectivity index (χ1) is 17.6. The van der Waals surface area contributed by atoms with Gasteiger partial charge in [0, 0.05) is 5.56 Å². The third kappa shape index (κ3) is 5.36. The lowest BCUT2D eigenvalue weighted by Crippen LogP contribution is -2.46. The highest BCUT2D eigenvalue weighted by atomic mass is 32.1. The molecule has 0 saturated carbocycles. The van der Waals surface area contributed by atoms with Gasteiger partial charge in [0.05, 0.1) is 22.2 Å². The zero-order chi connectivity index (χ0) is 26.8. The van der Waals surface area contributed by atoms with E-state index in [0.29, 0.717) is 10.2 Å². The number of hydrogen-bond acceptors (Lipinski definition) is 13. The summed E-state index contributed by atoms with van der Waals surface area (Å²) in [6.07, 6.45) is -4.40. The maximum absolute atomic E-state index is 15.4. The Kier molecular flexibility index (Phi) is 7.62. The number of hydrogen-bond donors (Lipinski definition) is 4. The van der Waals surface area contributed by atoms with Crippen molar-refractivity contribution in [1.82, 2.24) is 20.0 Å². The van der Waals surface area contributed by atoms with Crippen molar-refractivity contribution in [3.05, 3.63) is 47.6 Å². The number of aromatic nitrogens is 2. The zero-order valence-electron chi connectivity index (χ0n) is 19.1. The van der Waals surface area contributed by atoms with Gasteiger partial charge in [-0.2, -0.15) is 0 Å². The van der Waals surface area contributed by atoms with Gasteiger partial charge >= 0.3 is 7.75 Å². The van der Waals surface area contributed by atoms with Crippen LogP contribution in [0, 0.1) is 5.53 Å². The first-order valence-corrected chi connectivity index (χ1v) is 13.1. The molecular weight excluding hydrogens is 532 g/mol. The number of aliphatic carboxylic acids is 1. The van der Waals surface area contributed by atoms with Gasteiger partial charge in [-0.25, -0.2) is 24.0 Å². The van der Waals surface area contributed by atoms with Crippen LogP contribution in [0.1, 0.15) is 18.6 Å². The number of alkyl halides is 1. The Labute approximate surface area is 212 Å². The maximum Gasteiger partial charge on any atom is 0.459 e. The zero-order valence-corrected chi connectivity index (χ0v) is 20.8. The molecule has 1 saturated heterocycles. The predicted molar refractivity (Wildman–Crippen MR) is 125 cm³/mol. The summed E-state index contributed by atoms with van der Waals surface area (Å²) in [5, 5.41) is 29.3. The molecule has 0 amide bonds.